The van der Waals surface area contributed by atoms with Gasteiger partial charge in [-0.15, -0.1) is 0 Å². The number of benzene rings is 2. The number of sulfonamides is 1. The number of thiazole rings is 1. The zero-order valence-corrected chi connectivity index (χ0v) is 18.0. The van der Waals surface area contributed by atoms with E-state index >= 15 is 0 Å². The van der Waals surface area contributed by atoms with Crippen LogP contribution in [0.15, 0.2) is 35.2 Å². The molecule has 1 aromatic heterocycles. The normalized spacial score (nSPS) is 14.8. The van der Waals surface area contributed by atoms with Crippen LogP contribution in [0.5, 0.6) is 0 Å². The van der Waals surface area contributed by atoms with Gasteiger partial charge in [-0.25, -0.2) is 13.4 Å². The smallest absolute Gasteiger partial charge is 0.271 e. The molecular formula is C19H20N4O5S2. The van der Waals surface area contributed by atoms with Crippen LogP contribution in [0, 0.1) is 24.0 Å². The highest BCUT2D eigenvalue weighted by molar-refractivity contribution is 7.92. The Labute approximate surface area is 177 Å². The van der Waals surface area contributed by atoms with Crippen molar-refractivity contribution in [2.45, 2.75) is 18.7 Å². The maximum Gasteiger partial charge on any atom is 0.271 e. The summed E-state index contributed by atoms with van der Waals surface area (Å²) >= 11 is 1.49. The van der Waals surface area contributed by atoms with Gasteiger partial charge in [0.05, 0.1) is 38.9 Å². The number of nitro benzene ring substituents is 1. The molecule has 2 aromatic carbocycles. The largest absolute Gasteiger partial charge is 0.378 e. The van der Waals surface area contributed by atoms with E-state index in [1.54, 1.807) is 32.0 Å². The van der Waals surface area contributed by atoms with Crippen molar-refractivity contribution in [1.82, 2.24) is 4.98 Å². The molecule has 9 nitrogen and oxygen atoms in total. The van der Waals surface area contributed by atoms with Crippen LogP contribution in [0.1, 0.15) is 11.1 Å². The number of hydrogen-bond acceptors (Lipinski definition) is 8. The van der Waals surface area contributed by atoms with E-state index in [9.17, 15) is 18.5 Å². The average Bonchev–Trinajstić information content (AvgIpc) is 3.13. The molecule has 0 radical (unpaired) electrons. The molecule has 0 amide bonds. The van der Waals surface area contributed by atoms with Crippen LogP contribution in [-0.4, -0.2) is 44.6 Å². The maximum atomic E-state index is 13.0. The molecule has 0 atom stereocenters. The van der Waals surface area contributed by atoms with Gasteiger partial charge in [-0.05, 0) is 43.2 Å². The lowest BCUT2D eigenvalue weighted by molar-refractivity contribution is -0.385. The Morgan fingerprint density at radius 1 is 1.20 bits per heavy atom. The monoisotopic (exact) mass is 448 g/mol. The van der Waals surface area contributed by atoms with E-state index in [1.165, 1.54) is 17.4 Å². The molecule has 4 rings (SSSR count). The van der Waals surface area contributed by atoms with Crippen molar-refractivity contribution in [2.75, 3.05) is 35.9 Å². The summed E-state index contributed by atoms with van der Waals surface area (Å²) in [5.74, 6) is 0. The molecule has 30 heavy (non-hydrogen) atoms. The number of morpholine rings is 1. The number of nitrogens with zero attached hydrogens (tertiary/aromatic N) is 3. The molecule has 11 heteroatoms. The lowest BCUT2D eigenvalue weighted by Crippen LogP contribution is -2.36. The minimum Gasteiger partial charge on any atom is -0.378 e. The molecule has 3 aromatic rings. The lowest BCUT2D eigenvalue weighted by Gasteiger charge is -2.25. The van der Waals surface area contributed by atoms with Gasteiger partial charge in [0, 0.05) is 25.2 Å². The number of ether oxygens (including phenoxy) is 1. The van der Waals surface area contributed by atoms with Crippen LogP contribution in [-0.2, 0) is 14.8 Å². The second kappa shape index (κ2) is 7.82. The summed E-state index contributed by atoms with van der Waals surface area (Å²) in [6.45, 7) is 6.13. The Morgan fingerprint density at radius 3 is 2.63 bits per heavy atom. The fourth-order valence-corrected chi connectivity index (χ4v) is 5.71. The molecule has 0 aliphatic carbocycles. The topological polar surface area (TPSA) is 115 Å². The van der Waals surface area contributed by atoms with E-state index in [1.807, 2.05) is 0 Å². The van der Waals surface area contributed by atoms with Crippen LogP contribution in [0.4, 0.5) is 16.5 Å². The maximum absolute atomic E-state index is 13.0. The van der Waals surface area contributed by atoms with Gasteiger partial charge in [-0.3, -0.25) is 14.8 Å². The number of hydrogen-bond donors (Lipinski definition) is 1. The van der Waals surface area contributed by atoms with Crippen LogP contribution >= 0.6 is 11.3 Å². The van der Waals surface area contributed by atoms with Gasteiger partial charge >= 0.3 is 0 Å². The van der Waals surface area contributed by atoms with E-state index in [-0.39, 0.29) is 10.6 Å². The third kappa shape index (κ3) is 3.95. The van der Waals surface area contributed by atoms with Gasteiger partial charge in [0.2, 0.25) is 0 Å². The summed E-state index contributed by atoms with van der Waals surface area (Å²) < 4.78 is 34.7. The van der Waals surface area contributed by atoms with E-state index in [4.69, 9.17) is 4.74 Å². The fourth-order valence-electron chi connectivity index (χ4n) is 3.27. The summed E-state index contributed by atoms with van der Waals surface area (Å²) in [6.07, 6.45) is 0. The van der Waals surface area contributed by atoms with Gasteiger partial charge in [-0.2, -0.15) is 0 Å². The number of rotatable bonds is 5. The van der Waals surface area contributed by atoms with Crippen LogP contribution in [0.25, 0.3) is 10.2 Å². The van der Waals surface area contributed by atoms with Crippen LogP contribution in [0.3, 0.4) is 0 Å². The Balaban J connectivity index is 1.65. The third-order valence-electron chi connectivity index (χ3n) is 5.02. The van der Waals surface area contributed by atoms with Crippen LogP contribution < -0.4 is 9.62 Å². The number of non-ortho nitro benzene ring substituents is 1. The number of fused-ring (bicyclic) bond motifs is 1. The summed E-state index contributed by atoms with van der Waals surface area (Å²) in [4.78, 5) is 17.2. The Bertz CT molecular complexity index is 1230. The summed E-state index contributed by atoms with van der Waals surface area (Å²) in [5.41, 5.74) is 1.92. The number of nitro groups is 1. The van der Waals surface area contributed by atoms with E-state index in [0.717, 1.165) is 34.5 Å². The number of anilines is 2. The number of aryl methyl sites for hydroxylation is 1. The highest BCUT2D eigenvalue weighted by Gasteiger charge is 2.23. The highest BCUT2D eigenvalue weighted by atomic mass is 32.2. The SMILES string of the molecule is Cc1cc([N+](=O)[O-])cc(S(=O)(=O)Nc2ccc3nc(N4CCOCC4)sc3c2)c1C. The molecule has 1 fully saturated rings. The minimum atomic E-state index is -4.00. The quantitative estimate of drug-likeness (QED) is 0.469. The first-order valence-electron chi connectivity index (χ1n) is 9.26. The first-order valence-corrected chi connectivity index (χ1v) is 11.6. The van der Waals surface area contributed by atoms with Crippen molar-refractivity contribution in [2.24, 2.45) is 0 Å². The van der Waals surface area contributed by atoms with Crippen molar-refractivity contribution in [3.63, 3.8) is 0 Å². The predicted molar refractivity (Wildman–Crippen MR) is 116 cm³/mol. The van der Waals surface area contributed by atoms with Crippen molar-refractivity contribution < 1.29 is 18.1 Å². The molecule has 0 spiro atoms. The Hall–Kier alpha value is -2.76. The third-order valence-corrected chi connectivity index (χ3v) is 7.60. The van der Waals surface area contributed by atoms with E-state index in [2.05, 4.69) is 14.6 Å². The van der Waals surface area contributed by atoms with Gasteiger partial charge < -0.3 is 9.64 Å². The number of aromatic nitrogens is 1. The zero-order valence-electron chi connectivity index (χ0n) is 16.4. The summed E-state index contributed by atoms with van der Waals surface area (Å²) in [7, 11) is -4.00. The molecule has 1 N–H and O–H groups in total. The Morgan fingerprint density at radius 2 is 1.93 bits per heavy atom. The first-order chi connectivity index (χ1) is 14.2. The summed E-state index contributed by atoms with van der Waals surface area (Å²) in [5, 5.41) is 12.0. The van der Waals surface area contributed by atoms with Gasteiger partial charge in [0.25, 0.3) is 15.7 Å². The molecular weight excluding hydrogens is 428 g/mol. The van der Waals surface area contributed by atoms with Crippen molar-refractivity contribution >= 4 is 48.1 Å². The van der Waals surface area contributed by atoms with E-state index in [0.29, 0.717) is 30.0 Å². The minimum absolute atomic E-state index is 0.104. The summed E-state index contributed by atoms with van der Waals surface area (Å²) in [6, 6.07) is 7.59. The highest BCUT2D eigenvalue weighted by Crippen LogP contribution is 2.32. The van der Waals surface area contributed by atoms with E-state index < -0.39 is 14.9 Å². The molecule has 1 saturated heterocycles. The first kappa shape index (κ1) is 20.5. The fraction of sp³-hybridized carbons (Fsp3) is 0.316. The second-order valence-electron chi connectivity index (χ2n) is 7.03. The average molecular weight is 449 g/mol. The van der Waals surface area contributed by atoms with Crippen molar-refractivity contribution in [3.8, 4) is 0 Å². The van der Waals surface area contributed by atoms with Gasteiger partial charge in [-0.1, -0.05) is 11.3 Å². The second-order valence-corrected chi connectivity index (χ2v) is 9.69. The molecule has 0 saturated carbocycles. The molecule has 2 heterocycles. The number of nitrogens with one attached hydrogen (secondary N) is 1. The molecule has 158 valence electrons. The molecule has 1 aliphatic rings. The predicted octanol–water partition coefficient (Wildman–Crippen LogP) is 3.46. The molecule has 0 unspecified atom stereocenters. The Kier molecular flexibility index (Phi) is 5.35. The van der Waals surface area contributed by atoms with Gasteiger partial charge in [0.1, 0.15) is 0 Å². The van der Waals surface area contributed by atoms with Gasteiger partial charge in [0.15, 0.2) is 5.13 Å². The lowest BCUT2D eigenvalue weighted by atomic mass is 10.1. The molecule has 0 bridgehead atoms. The standard InChI is InChI=1S/C19H20N4O5S2/c1-12-9-15(23(24)25)11-18(13(12)2)30(26,27)21-14-3-4-16-17(10-14)29-19(20-16)22-5-7-28-8-6-22/h3-4,9-11,21H,5-8H2,1-2H3. The van der Waals surface area contributed by atoms with Crippen molar-refractivity contribution in [1.29, 1.82) is 0 Å². The zero-order chi connectivity index (χ0) is 21.5. The molecule has 1 aliphatic heterocycles. The van der Waals surface area contributed by atoms with Crippen LogP contribution in [0.2, 0.25) is 0 Å². The van der Waals surface area contributed by atoms with Crippen molar-refractivity contribution in [3.05, 3.63) is 51.6 Å².